The molecule has 12 heteroatoms. The van der Waals surface area contributed by atoms with Gasteiger partial charge in [-0.25, -0.2) is 15.0 Å². The summed E-state index contributed by atoms with van der Waals surface area (Å²) in [7, 11) is 1.76. The third-order valence-electron chi connectivity index (χ3n) is 6.51. The molecule has 0 bridgehead atoms. The lowest BCUT2D eigenvalue weighted by Gasteiger charge is -2.36. The van der Waals surface area contributed by atoms with E-state index in [9.17, 15) is 4.79 Å². The van der Waals surface area contributed by atoms with Crippen LogP contribution in [0.15, 0.2) is 30.9 Å². The zero-order valence-corrected chi connectivity index (χ0v) is 22.0. The fraction of sp³-hybridized carbons (Fsp3) is 0.500. The van der Waals surface area contributed by atoms with Gasteiger partial charge in [0.2, 0.25) is 0 Å². The van der Waals surface area contributed by atoms with Gasteiger partial charge in [0.15, 0.2) is 10.8 Å². The van der Waals surface area contributed by atoms with Crippen molar-refractivity contribution in [2.75, 3.05) is 13.7 Å². The summed E-state index contributed by atoms with van der Waals surface area (Å²) < 4.78 is 8.70. The molecule has 2 unspecified atom stereocenters. The van der Waals surface area contributed by atoms with E-state index in [1.807, 2.05) is 6.07 Å². The van der Waals surface area contributed by atoms with Gasteiger partial charge in [-0.05, 0) is 31.1 Å². The van der Waals surface area contributed by atoms with Crippen LogP contribution in [0.3, 0.4) is 0 Å². The lowest BCUT2D eigenvalue weighted by Crippen LogP contribution is -2.37. The van der Waals surface area contributed by atoms with E-state index in [1.165, 1.54) is 22.3 Å². The highest BCUT2D eigenvalue weighted by Crippen LogP contribution is 2.37. The van der Waals surface area contributed by atoms with E-state index >= 15 is 0 Å². The van der Waals surface area contributed by atoms with Gasteiger partial charge in [-0.2, -0.15) is 10.2 Å². The number of imidazole rings is 1. The second-order valence-corrected chi connectivity index (χ2v) is 11.3. The molecule has 1 aliphatic carbocycles. The molecule has 5 rings (SSSR count). The zero-order valence-electron chi connectivity index (χ0n) is 20.5. The Labute approximate surface area is 218 Å². The number of aromatic nitrogens is 7. The Balaban J connectivity index is 1.44. The molecule has 1 amide bonds. The quantitative estimate of drug-likeness (QED) is 0.366. The molecule has 0 spiro atoms. The largest absolute Gasteiger partial charge is 0.381 e. The molecule has 0 radical (unpaired) electrons. The molecule has 10 nitrogen and oxygen atoms in total. The Hall–Kier alpha value is -2.89. The van der Waals surface area contributed by atoms with Crippen LogP contribution >= 0.6 is 22.9 Å². The molecule has 4 aromatic heterocycles. The number of nitrogens with zero attached hydrogens (tertiary/aromatic N) is 7. The molecule has 0 saturated heterocycles. The molecule has 0 aliphatic heterocycles. The predicted octanol–water partition coefficient (Wildman–Crippen LogP) is 4.11. The molecule has 4 aromatic rings. The van der Waals surface area contributed by atoms with Gasteiger partial charge < -0.3 is 14.6 Å². The van der Waals surface area contributed by atoms with Gasteiger partial charge in [-0.3, -0.25) is 4.79 Å². The number of halogens is 1. The highest BCUT2D eigenvalue weighted by atomic mass is 35.5. The summed E-state index contributed by atoms with van der Waals surface area (Å²) in [5, 5.41) is 11.9. The normalized spacial score (nSPS) is 20.3. The number of methoxy groups -OCH3 is 1. The molecule has 0 aromatic carbocycles. The first-order valence-electron chi connectivity index (χ1n) is 12.1. The summed E-state index contributed by atoms with van der Waals surface area (Å²) in [5.74, 6) is 2.18. The maximum absolute atomic E-state index is 12.6. The van der Waals surface area contributed by atoms with Gasteiger partial charge in [0.1, 0.15) is 15.7 Å². The van der Waals surface area contributed by atoms with Crippen LogP contribution in [0, 0.1) is 11.8 Å². The van der Waals surface area contributed by atoms with E-state index in [-0.39, 0.29) is 24.0 Å². The van der Waals surface area contributed by atoms with Crippen molar-refractivity contribution in [3.63, 3.8) is 0 Å². The SMILES string of the molecule is CO[C@H]1CC(CNC(=O)c2ncc(Cl)s2)CC(n2c(CC(C)C)nc3cnc(-n4nccn4)cc32)C1. The monoisotopic (exact) mass is 528 g/mol. The number of carbonyl (C=O) groups excluding carboxylic acids is 1. The summed E-state index contributed by atoms with van der Waals surface area (Å²) in [4.78, 5) is 27.7. The highest BCUT2D eigenvalue weighted by molar-refractivity contribution is 7.17. The van der Waals surface area contributed by atoms with Crippen molar-refractivity contribution in [1.29, 1.82) is 0 Å². The molecule has 1 aliphatic rings. The summed E-state index contributed by atoms with van der Waals surface area (Å²) in [6, 6.07) is 2.17. The minimum absolute atomic E-state index is 0.0819. The molecule has 190 valence electrons. The number of fused-ring (bicyclic) bond motifs is 1. The van der Waals surface area contributed by atoms with E-state index in [2.05, 4.69) is 43.9 Å². The van der Waals surface area contributed by atoms with E-state index in [0.29, 0.717) is 27.6 Å². The first-order chi connectivity index (χ1) is 17.4. The van der Waals surface area contributed by atoms with Crippen molar-refractivity contribution in [2.24, 2.45) is 11.8 Å². The summed E-state index contributed by atoms with van der Waals surface area (Å²) in [6.07, 6.45) is 10.1. The van der Waals surface area contributed by atoms with Crippen LogP contribution in [0.4, 0.5) is 0 Å². The molecule has 3 atom stereocenters. The lowest BCUT2D eigenvalue weighted by molar-refractivity contribution is 0.0306. The fourth-order valence-electron chi connectivity index (χ4n) is 4.99. The van der Waals surface area contributed by atoms with Gasteiger partial charge in [-0.1, -0.05) is 36.8 Å². The maximum Gasteiger partial charge on any atom is 0.280 e. The molecule has 1 fully saturated rings. The number of ether oxygens (including phenoxy) is 1. The van der Waals surface area contributed by atoms with Crippen LogP contribution in [0.25, 0.3) is 16.9 Å². The number of amides is 1. The Morgan fingerprint density at radius 1 is 1.22 bits per heavy atom. The Bertz CT molecular complexity index is 1340. The summed E-state index contributed by atoms with van der Waals surface area (Å²) in [5.41, 5.74) is 1.86. The number of hydrogen-bond donors (Lipinski definition) is 1. The smallest absolute Gasteiger partial charge is 0.280 e. The standard InChI is InChI=1S/C24H29ClN8O2S/c1-14(2)6-22-31-18-12-26-21(33-29-4-5-30-33)10-19(18)32(22)16-7-15(8-17(9-16)35-3)11-27-23(34)24-28-13-20(25)36-24/h4-5,10,12-17H,6-9,11H2,1-3H3,(H,27,34)/t15?,16?,17-/m0/s1. The number of nitrogens with one attached hydrogen (secondary N) is 1. The van der Waals surface area contributed by atoms with Crippen molar-refractivity contribution in [2.45, 2.75) is 51.7 Å². The Morgan fingerprint density at radius 2 is 2.03 bits per heavy atom. The minimum atomic E-state index is -0.195. The minimum Gasteiger partial charge on any atom is -0.381 e. The van der Waals surface area contributed by atoms with Crippen LogP contribution in [0.1, 0.15) is 54.8 Å². The van der Waals surface area contributed by atoms with Crippen LogP contribution in [0.5, 0.6) is 0 Å². The Kier molecular flexibility index (Phi) is 7.31. The van der Waals surface area contributed by atoms with Crippen molar-refractivity contribution in [3.8, 4) is 5.82 Å². The number of rotatable bonds is 8. The second kappa shape index (κ2) is 10.6. The van der Waals surface area contributed by atoms with Crippen LogP contribution in [-0.4, -0.2) is 60.2 Å². The Morgan fingerprint density at radius 3 is 2.72 bits per heavy atom. The third kappa shape index (κ3) is 5.28. The fourth-order valence-corrected chi connectivity index (χ4v) is 5.82. The van der Waals surface area contributed by atoms with Gasteiger partial charge in [-0.15, -0.1) is 4.80 Å². The van der Waals surface area contributed by atoms with Crippen molar-refractivity contribution < 1.29 is 9.53 Å². The average Bonchev–Trinajstić information content (AvgIpc) is 3.61. The number of carbonyl (C=O) groups is 1. The number of pyridine rings is 1. The number of thiazole rings is 1. The summed E-state index contributed by atoms with van der Waals surface area (Å²) >= 11 is 7.13. The summed E-state index contributed by atoms with van der Waals surface area (Å²) in [6.45, 7) is 4.94. The maximum atomic E-state index is 12.6. The molecular weight excluding hydrogens is 500 g/mol. The first-order valence-corrected chi connectivity index (χ1v) is 13.3. The van der Waals surface area contributed by atoms with Crippen molar-refractivity contribution in [3.05, 3.63) is 46.0 Å². The first kappa shape index (κ1) is 24.8. The molecule has 1 saturated carbocycles. The van der Waals surface area contributed by atoms with Crippen LogP contribution in [0.2, 0.25) is 4.34 Å². The molecule has 4 heterocycles. The van der Waals surface area contributed by atoms with Crippen molar-refractivity contribution in [1.82, 2.24) is 39.8 Å². The second-order valence-electron chi connectivity index (χ2n) is 9.61. The third-order valence-corrected chi connectivity index (χ3v) is 7.62. The van der Waals surface area contributed by atoms with E-state index in [4.69, 9.17) is 21.3 Å². The molecule has 1 N–H and O–H groups in total. The van der Waals surface area contributed by atoms with Gasteiger partial charge >= 0.3 is 0 Å². The topological polar surface area (TPSA) is 113 Å². The molecule has 36 heavy (non-hydrogen) atoms. The number of hydrogen-bond acceptors (Lipinski definition) is 8. The van der Waals surface area contributed by atoms with Gasteiger partial charge in [0.25, 0.3) is 5.91 Å². The zero-order chi connectivity index (χ0) is 25.2. The van der Waals surface area contributed by atoms with E-state index in [0.717, 1.165) is 42.5 Å². The van der Waals surface area contributed by atoms with Crippen LogP contribution < -0.4 is 5.32 Å². The van der Waals surface area contributed by atoms with Gasteiger partial charge in [0.05, 0.1) is 36.4 Å². The highest BCUT2D eigenvalue weighted by Gasteiger charge is 2.33. The molecular formula is C24H29ClN8O2S. The average molecular weight is 529 g/mol. The lowest BCUT2D eigenvalue weighted by atomic mass is 9.83. The predicted molar refractivity (Wildman–Crippen MR) is 138 cm³/mol. The van der Waals surface area contributed by atoms with Gasteiger partial charge in [0, 0.05) is 32.2 Å². The van der Waals surface area contributed by atoms with E-state index in [1.54, 1.807) is 25.7 Å². The van der Waals surface area contributed by atoms with Crippen molar-refractivity contribution >= 4 is 39.9 Å². The van der Waals surface area contributed by atoms with Crippen LogP contribution in [-0.2, 0) is 11.2 Å². The van der Waals surface area contributed by atoms with E-state index < -0.39 is 0 Å².